The molecular weight excluding hydrogens is 282 g/mol. The molecule has 2 rings (SSSR count). The molecule has 0 amide bonds. The molecule has 4 heteroatoms. The second-order valence-electron chi connectivity index (χ2n) is 5.25. The number of methoxy groups -OCH3 is 1. The van der Waals surface area contributed by atoms with Gasteiger partial charge in [0, 0.05) is 22.0 Å². The van der Waals surface area contributed by atoms with Crippen LogP contribution >= 0.6 is 11.3 Å². The first-order chi connectivity index (χ1) is 10.1. The van der Waals surface area contributed by atoms with Crippen LogP contribution in [-0.2, 0) is 22.5 Å². The van der Waals surface area contributed by atoms with Crippen molar-refractivity contribution >= 4 is 23.0 Å². The third-order valence-corrected chi connectivity index (χ3v) is 4.39. The van der Waals surface area contributed by atoms with Crippen LogP contribution in [0.1, 0.15) is 35.1 Å². The third-order valence-electron chi connectivity index (χ3n) is 3.31. The fourth-order valence-electron chi connectivity index (χ4n) is 2.00. The van der Waals surface area contributed by atoms with Crippen molar-refractivity contribution in [3.63, 3.8) is 0 Å². The van der Waals surface area contributed by atoms with Gasteiger partial charge in [-0.1, -0.05) is 26.0 Å². The summed E-state index contributed by atoms with van der Waals surface area (Å²) in [4.78, 5) is 13.5. The summed E-state index contributed by atoms with van der Waals surface area (Å²) in [5.41, 5.74) is 2.46. The Hall–Kier alpha value is -1.81. The van der Waals surface area contributed by atoms with Crippen LogP contribution in [0.2, 0.25) is 0 Å². The first kappa shape index (κ1) is 15.6. The minimum atomic E-state index is -0.194. The van der Waals surface area contributed by atoms with Gasteiger partial charge < -0.3 is 10.1 Å². The molecule has 112 valence electrons. The third kappa shape index (κ3) is 4.60. The molecule has 0 fully saturated rings. The van der Waals surface area contributed by atoms with Crippen LogP contribution in [0, 0.1) is 0 Å². The molecule has 0 unspecified atom stereocenters. The Morgan fingerprint density at radius 2 is 1.81 bits per heavy atom. The first-order valence-corrected chi connectivity index (χ1v) is 7.88. The average Bonchev–Trinajstić information content (AvgIpc) is 2.93. The van der Waals surface area contributed by atoms with E-state index in [1.807, 2.05) is 6.07 Å². The molecule has 0 atom stereocenters. The van der Waals surface area contributed by atoms with Crippen LogP contribution in [0.25, 0.3) is 0 Å². The predicted molar refractivity (Wildman–Crippen MR) is 87.9 cm³/mol. The van der Waals surface area contributed by atoms with Crippen molar-refractivity contribution < 1.29 is 9.53 Å². The van der Waals surface area contributed by atoms with Gasteiger partial charge in [-0.3, -0.25) is 4.79 Å². The van der Waals surface area contributed by atoms with E-state index in [0.29, 0.717) is 12.3 Å². The van der Waals surface area contributed by atoms with Crippen molar-refractivity contribution in [1.29, 1.82) is 0 Å². The van der Waals surface area contributed by atoms with E-state index >= 15 is 0 Å². The maximum atomic E-state index is 11.2. The van der Waals surface area contributed by atoms with E-state index in [1.54, 1.807) is 11.3 Å². The molecule has 1 N–H and O–H groups in total. The number of carbonyl (C=O) groups is 1. The molecule has 1 aromatic heterocycles. The zero-order valence-electron chi connectivity index (χ0n) is 12.7. The summed E-state index contributed by atoms with van der Waals surface area (Å²) in [6.45, 7) is 5.15. The Kier molecular flexibility index (Phi) is 5.39. The number of hydrogen-bond donors (Lipinski definition) is 1. The van der Waals surface area contributed by atoms with Gasteiger partial charge in [-0.25, -0.2) is 0 Å². The Balaban J connectivity index is 1.89. The lowest BCUT2D eigenvalue weighted by molar-refractivity contribution is -0.139. The highest BCUT2D eigenvalue weighted by Gasteiger charge is 2.06. The molecule has 0 radical (unpaired) electrons. The normalized spacial score (nSPS) is 10.7. The maximum absolute atomic E-state index is 11.2. The zero-order chi connectivity index (χ0) is 15.2. The number of carbonyl (C=O) groups excluding carboxylic acids is 1. The lowest BCUT2D eigenvalue weighted by atomic mass is 10.0. The van der Waals surface area contributed by atoms with Crippen molar-refractivity contribution in [2.75, 3.05) is 12.4 Å². The zero-order valence-corrected chi connectivity index (χ0v) is 13.5. The quantitative estimate of drug-likeness (QED) is 0.813. The molecule has 0 saturated carbocycles. The summed E-state index contributed by atoms with van der Waals surface area (Å²) < 4.78 is 4.68. The van der Waals surface area contributed by atoms with Gasteiger partial charge in [0.05, 0.1) is 13.5 Å². The fraction of sp³-hybridized carbons (Fsp3) is 0.353. The largest absolute Gasteiger partial charge is 0.469 e. The van der Waals surface area contributed by atoms with Gasteiger partial charge in [-0.15, -0.1) is 11.3 Å². The molecule has 21 heavy (non-hydrogen) atoms. The van der Waals surface area contributed by atoms with Crippen LogP contribution in [0.3, 0.4) is 0 Å². The molecule has 0 saturated heterocycles. The number of thiophene rings is 1. The highest BCUT2D eigenvalue weighted by atomic mass is 32.1. The van der Waals surface area contributed by atoms with Crippen LogP contribution < -0.4 is 5.32 Å². The molecule has 0 aliphatic heterocycles. The standard InChI is InChI=1S/C17H21NO2S/c1-12(2)13-4-6-14(7-5-13)18-11-16-9-8-15(21-16)10-17(19)20-3/h4-9,12,18H,10-11H2,1-3H3. The minimum absolute atomic E-state index is 0.194. The molecule has 1 heterocycles. The Morgan fingerprint density at radius 1 is 1.14 bits per heavy atom. The van der Waals surface area contributed by atoms with E-state index in [4.69, 9.17) is 0 Å². The lowest BCUT2D eigenvalue weighted by Crippen LogP contribution is -2.02. The summed E-state index contributed by atoms with van der Waals surface area (Å²) >= 11 is 1.64. The number of ether oxygens (including phenoxy) is 1. The predicted octanol–water partition coefficient (Wildman–Crippen LogP) is 4.20. The van der Waals surface area contributed by atoms with E-state index in [9.17, 15) is 4.79 Å². The molecule has 0 spiro atoms. The van der Waals surface area contributed by atoms with E-state index in [1.165, 1.54) is 17.6 Å². The monoisotopic (exact) mass is 303 g/mol. The first-order valence-electron chi connectivity index (χ1n) is 7.06. The van der Waals surface area contributed by atoms with Crippen molar-refractivity contribution in [3.05, 3.63) is 51.7 Å². The molecule has 0 bridgehead atoms. The number of nitrogens with one attached hydrogen (secondary N) is 1. The average molecular weight is 303 g/mol. The smallest absolute Gasteiger partial charge is 0.310 e. The minimum Gasteiger partial charge on any atom is -0.469 e. The summed E-state index contributed by atoms with van der Waals surface area (Å²) in [6.07, 6.45) is 0.351. The van der Waals surface area contributed by atoms with Crippen molar-refractivity contribution in [2.45, 2.75) is 32.7 Å². The van der Waals surface area contributed by atoms with Gasteiger partial charge >= 0.3 is 5.97 Å². The number of anilines is 1. The summed E-state index contributed by atoms with van der Waals surface area (Å²) in [5, 5.41) is 3.40. The second kappa shape index (κ2) is 7.27. The molecular formula is C17H21NO2S. The Bertz CT molecular complexity index is 587. The topological polar surface area (TPSA) is 38.3 Å². The van der Waals surface area contributed by atoms with E-state index < -0.39 is 0 Å². The number of hydrogen-bond acceptors (Lipinski definition) is 4. The highest BCUT2D eigenvalue weighted by Crippen LogP contribution is 2.20. The van der Waals surface area contributed by atoms with Crippen molar-refractivity contribution in [1.82, 2.24) is 0 Å². The van der Waals surface area contributed by atoms with E-state index in [2.05, 4.69) is 54.2 Å². The van der Waals surface area contributed by atoms with Gasteiger partial charge in [0.15, 0.2) is 0 Å². The molecule has 0 aliphatic rings. The SMILES string of the molecule is COC(=O)Cc1ccc(CNc2ccc(C(C)C)cc2)s1. The number of benzene rings is 1. The Labute approximate surface area is 130 Å². The second-order valence-corrected chi connectivity index (χ2v) is 6.50. The van der Waals surface area contributed by atoms with Gasteiger partial charge in [-0.2, -0.15) is 0 Å². The summed E-state index contributed by atoms with van der Waals surface area (Å²) in [6, 6.07) is 12.6. The van der Waals surface area contributed by atoms with E-state index in [0.717, 1.165) is 17.1 Å². The van der Waals surface area contributed by atoms with Crippen molar-refractivity contribution in [3.8, 4) is 0 Å². The Morgan fingerprint density at radius 3 is 2.43 bits per heavy atom. The summed E-state index contributed by atoms with van der Waals surface area (Å²) in [7, 11) is 1.42. The summed E-state index contributed by atoms with van der Waals surface area (Å²) in [5.74, 6) is 0.359. The van der Waals surface area contributed by atoms with Crippen molar-refractivity contribution in [2.24, 2.45) is 0 Å². The lowest BCUT2D eigenvalue weighted by Gasteiger charge is -2.08. The maximum Gasteiger partial charge on any atom is 0.310 e. The number of esters is 1. The fourth-order valence-corrected chi connectivity index (χ4v) is 2.95. The van der Waals surface area contributed by atoms with Crippen LogP contribution in [0.5, 0.6) is 0 Å². The molecule has 2 aromatic rings. The number of rotatable bonds is 6. The van der Waals surface area contributed by atoms with Gasteiger partial charge in [-0.05, 0) is 35.7 Å². The van der Waals surface area contributed by atoms with Crippen LogP contribution in [0.15, 0.2) is 36.4 Å². The van der Waals surface area contributed by atoms with E-state index in [-0.39, 0.29) is 5.97 Å². The molecule has 3 nitrogen and oxygen atoms in total. The highest BCUT2D eigenvalue weighted by molar-refractivity contribution is 7.12. The van der Waals surface area contributed by atoms with Crippen LogP contribution in [-0.4, -0.2) is 13.1 Å². The molecule has 1 aromatic carbocycles. The molecule has 0 aliphatic carbocycles. The van der Waals surface area contributed by atoms with Crippen LogP contribution in [0.4, 0.5) is 5.69 Å². The van der Waals surface area contributed by atoms with Gasteiger partial charge in [0.1, 0.15) is 0 Å². The van der Waals surface area contributed by atoms with Gasteiger partial charge in [0.2, 0.25) is 0 Å². The van der Waals surface area contributed by atoms with Gasteiger partial charge in [0.25, 0.3) is 0 Å².